The lowest BCUT2D eigenvalue weighted by Crippen LogP contribution is -2.36. The highest BCUT2D eigenvalue weighted by Gasteiger charge is 2.60. The Morgan fingerprint density at radius 3 is 2.07 bits per heavy atom. The summed E-state index contributed by atoms with van der Waals surface area (Å²) in [6.07, 6.45) is -10.8. The van der Waals surface area contributed by atoms with Gasteiger partial charge >= 0.3 is 18.5 Å². The Labute approximate surface area is 148 Å². The van der Waals surface area contributed by atoms with E-state index < -0.39 is 51.9 Å². The van der Waals surface area contributed by atoms with Crippen LogP contribution in [0.25, 0.3) is 5.69 Å². The molecule has 0 unspecified atom stereocenters. The van der Waals surface area contributed by atoms with Gasteiger partial charge in [-0.15, -0.1) is 13.2 Å². The number of nitrogen functional groups attached to an aromatic ring is 1. The highest BCUT2D eigenvalue weighted by Crippen LogP contribution is 2.42. The minimum absolute atomic E-state index is 0.0939. The first-order valence-electron chi connectivity index (χ1n) is 6.52. The lowest BCUT2D eigenvalue weighted by atomic mass is 10.2. The number of nitrogens with two attached hydrogens (primary N) is 1. The van der Waals surface area contributed by atoms with E-state index in [1.54, 1.807) is 0 Å². The van der Waals surface area contributed by atoms with E-state index in [4.69, 9.17) is 17.3 Å². The van der Waals surface area contributed by atoms with Gasteiger partial charge in [-0.3, -0.25) is 9.36 Å². The fourth-order valence-electron chi connectivity index (χ4n) is 1.93. The molecule has 148 valence electrons. The first kappa shape index (κ1) is 20.7. The zero-order valence-corrected chi connectivity index (χ0v) is 13.3. The molecule has 0 saturated heterocycles. The van der Waals surface area contributed by atoms with Gasteiger partial charge in [0, 0.05) is 18.2 Å². The molecular formula is C13H6ClF8N3O2. The summed E-state index contributed by atoms with van der Waals surface area (Å²) < 4.78 is 104. The number of ether oxygens (including phenoxy) is 1. The Kier molecular flexibility index (Phi) is 5.03. The fourth-order valence-corrected chi connectivity index (χ4v) is 2.23. The summed E-state index contributed by atoms with van der Waals surface area (Å²) in [5, 5.41) is -0.575. The molecular weight excluding hydrogens is 418 g/mol. The molecule has 0 amide bonds. The van der Waals surface area contributed by atoms with E-state index in [2.05, 4.69) is 9.72 Å². The molecule has 0 fully saturated rings. The zero-order valence-electron chi connectivity index (χ0n) is 12.5. The molecule has 2 rings (SSSR count). The molecule has 14 heteroatoms. The SMILES string of the molecule is Nc1cc(OC(F)(F)F)cc(Cl)c1-n1cnc(C(F)(F)C(F)(F)F)cc1=O. The van der Waals surface area contributed by atoms with Crippen LogP contribution in [0.2, 0.25) is 5.02 Å². The number of nitrogens with zero attached hydrogens (tertiary/aromatic N) is 2. The summed E-state index contributed by atoms with van der Waals surface area (Å²) in [6.45, 7) is 0. The van der Waals surface area contributed by atoms with Gasteiger partial charge < -0.3 is 10.5 Å². The van der Waals surface area contributed by atoms with Crippen LogP contribution < -0.4 is 16.0 Å². The molecule has 2 N–H and O–H groups in total. The van der Waals surface area contributed by atoms with Crippen LogP contribution in [-0.2, 0) is 5.92 Å². The Hall–Kier alpha value is -2.57. The van der Waals surface area contributed by atoms with Crippen LogP contribution in [0.3, 0.4) is 0 Å². The van der Waals surface area contributed by atoms with Crippen LogP contribution in [0.5, 0.6) is 5.75 Å². The molecule has 0 atom stereocenters. The van der Waals surface area contributed by atoms with Gasteiger partial charge in [0.05, 0.1) is 16.4 Å². The van der Waals surface area contributed by atoms with Crippen molar-refractivity contribution in [2.75, 3.05) is 5.73 Å². The summed E-state index contributed by atoms with van der Waals surface area (Å²) in [5.41, 5.74) is 1.15. The van der Waals surface area contributed by atoms with E-state index >= 15 is 0 Å². The van der Waals surface area contributed by atoms with Crippen LogP contribution in [-0.4, -0.2) is 22.1 Å². The molecule has 0 aliphatic carbocycles. The molecule has 0 aliphatic rings. The number of halogens is 9. The maximum Gasteiger partial charge on any atom is 0.573 e. The summed E-state index contributed by atoms with van der Waals surface area (Å²) >= 11 is 5.73. The second kappa shape index (κ2) is 6.55. The van der Waals surface area contributed by atoms with Gasteiger partial charge in [-0.2, -0.15) is 22.0 Å². The van der Waals surface area contributed by atoms with E-state index in [9.17, 15) is 39.9 Å². The van der Waals surface area contributed by atoms with E-state index in [1.165, 1.54) is 0 Å². The van der Waals surface area contributed by atoms with Crippen LogP contribution in [0.15, 0.2) is 29.3 Å². The monoisotopic (exact) mass is 423 g/mol. The number of rotatable bonds is 3. The quantitative estimate of drug-likeness (QED) is 0.598. The molecule has 1 aromatic carbocycles. The van der Waals surface area contributed by atoms with Gasteiger partial charge in [0.1, 0.15) is 17.8 Å². The lowest BCUT2D eigenvalue weighted by Gasteiger charge is -2.19. The topological polar surface area (TPSA) is 70.1 Å². The predicted molar refractivity (Wildman–Crippen MR) is 75.9 cm³/mol. The molecule has 0 bridgehead atoms. The van der Waals surface area contributed by atoms with Gasteiger partial charge in [0.25, 0.3) is 5.56 Å². The van der Waals surface area contributed by atoms with Gasteiger partial charge in [0.2, 0.25) is 0 Å². The Balaban J connectivity index is 2.53. The van der Waals surface area contributed by atoms with Crippen molar-refractivity contribution in [1.82, 2.24) is 9.55 Å². The van der Waals surface area contributed by atoms with E-state index in [1.807, 2.05) is 0 Å². The summed E-state index contributed by atoms with van der Waals surface area (Å²) in [5.74, 6) is -6.24. The van der Waals surface area contributed by atoms with Gasteiger partial charge in [-0.25, -0.2) is 4.98 Å². The number of benzene rings is 1. The maximum atomic E-state index is 13.2. The van der Waals surface area contributed by atoms with Crippen molar-refractivity contribution in [2.24, 2.45) is 0 Å². The molecule has 2 aromatic rings. The number of alkyl halides is 8. The van der Waals surface area contributed by atoms with Crippen LogP contribution in [0.4, 0.5) is 40.8 Å². The predicted octanol–water partition coefficient (Wildman–Crippen LogP) is 4.02. The second-order valence-corrected chi connectivity index (χ2v) is 5.35. The third-order valence-electron chi connectivity index (χ3n) is 3.03. The standard InChI is InChI=1S/C13H6ClF8N3O2/c14-6-1-5(27-13(20,21)22)2-7(23)10(6)25-4-24-8(3-9(25)26)11(15,16)12(17,18)19/h1-4H,23H2. The molecule has 0 radical (unpaired) electrons. The highest BCUT2D eigenvalue weighted by molar-refractivity contribution is 6.33. The average Bonchev–Trinajstić information content (AvgIpc) is 2.45. The number of hydrogen-bond acceptors (Lipinski definition) is 4. The van der Waals surface area contributed by atoms with Gasteiger partial charge in [-0.1, -0.05) is 11.6 Å². The minimum atomic E-state index is -5.99. The number of anilines is 1. The Bertz CT molecular complexity index is 900. The molecule has 1 heterocycles. The third kappa shape index (κ3) is 4.23. The van der Waals surface area contributed by atoms with Gasteiger partial charge in [-0.05, 0) is 0 Å². The first-order valence-corrected chi connectivity index (χ1v) is 6.90. The Morgan fingerprint density at radius 2 is 1.63 bits per heavy atom. The van der Waals surface area contributed by atoms with Crippen molar-refractivity contribution in [3.8, 4) is 11.4 Å². The average molecular weight is 424 g/mol. The normalized spacial score (nSPS) is 12.9. The minimum Gasteiger partial charge on any atom is -0.406 e. The van der Waals surface area contributed by atoms with E-state index in [0.29, 0.717) is 23.0 Å². The summed E-state index contributed by atoms with van der Waals surface area (Å²) in [4.78, 5) is 14.8. The van der Waals surface area contributed by atoms with Crippen LogP contribution in [0.1, 0.15) is 5.69 Å². The third-order valence-corrected chi connectivity index (χ3v) is 3.32. The van der Waals surface area contributed by atoms with E-state index in [0.717, 1.165) is 0 Å². The lowest BCUT2D eigenvalue weighted by molar-refractivity contribution is -0.291. The van der Waals surface area contributed by atoms with Gasteiger partial charge in [0.15, 0.2) is 0 Å². The molecule has 0 aliphatic heterocycles. The van der Waals surface area contributed by atoms with Crippen molar-refractivity contribution < 1.29 is 39.9 Å². The Morgan fingerprint density at radius 1 is 1.04 bits per heavy atom. The van der Waals surface area contributed by atoms with Crippen molar-refractivity contribution in [3.05, 3.63) is 45.6 Å². The molecule has 1 aromatic heterocycles. The van der Waals surface area contributed by atoms with Crippen molar-refractivity contribution >= 4 is 17.3 Å². The summed E-state index contributed by atoms with van der Waals surface area (Å²) in [6, 6.07) is 1.15. The largest absolute Gasteiger partial charge is 0.573 e. The molecule has 0 spiro atoms. The number of hydrogen-bond donors (Lipinski definition) is 1. The van der Waals surface area contributed by atoms with Crippen LogP contribution >= 0.6 is 11.6 Å². The summed E-state index contributed by atoms with van der Waals surface area (Å²) in [7, 11) is 0. The van der Waals surface area contributed by atoms with E-state index in [-0.39, 0.29) is 6.07 Å². The van der Waals surface area contributed by atoms with Crippen LogP contribution in [0, 0.1) is 0 Å². The maximum absolute atomic E-state index is 13.2. The van der Waals surface area contributed by atoms with Crippen molar-refractivity contribution in [3.63, 3.8) is 0 Å². The fraction of sp³-hybridized carbons (Fsp3) is 0.231. The van der Waals surface area contributed by atoms with Crippen molar-refractivity contribution in [2.45, 2.75) is 18.5 Å². The molecule has 27 heavy (non-hydrogen) atoms. The smallest absolute Gasteiger partial charge is 0.406 e. The molecule has 5 nitrogen and oxygen atoms in total. The van der Waals surface area contributed by atoms with Crippen molar-refractivity contribution in [1.29, 1.82) is 0 Å². The first-order chi connectivity index (χ1) is 12.1. The highest BCUT2D eigenvalue weighted by atomic mass is 35.5. The second-order valence-electron chi connectivity index (χ2n) is 4.95. The number of aromatic nitrogens is 2. The zero-order chi connectivity index (χ0) is 20.8. The molecule has 0 saturated carbocycles.